The Kier molecular flexibility index (Phi) is 34.3. The van der Waals surface area contributed by atoms with Gasteiger partial charge in [0.15, 0.2) is 24.4 Å². The van der Waals surface area contributed by atoms with Gasteiger partial charge in [0.2, 0.25) is 23.1 Å². The van der Waals surface area contributed by atoms with Gasteiger partial charge in [0, 0.05) is 47.9 Å². The van der Waals surface area contributed by atoms with Crippen molar-refractivity contribution < 1.29 is 76.7 Å². The lowest BCUT2D eigenvalue weighted by Crippen LogP contribution is -2.34. The van der Waals surface area contributed by atoms with E-state index in [0.717, 1.165) is 64.2 Å². The summed E-state index contributed by atoms with van der Waals surface area (Å²) in [5, 5.41) is 0. The molecule has 0 radical (unpaired) electrons. The van der Waals surface area contributed by atoms with Crippen LogP contribution in [0, 0.1) is 0 Å². The predicted octanol–water partition coefficient (Wildman–Crippen LogP) is 14.1. The Labute approximate surface area is 463 Å². The Morgan fingerprint density at radius 3 is 0.795 bits per heavy atom. The zero-order valence-electron chi connectivity index (χ0n) is 48.1. The lowest BCUT2D eigenvalue weighted by molar-refractivity contribution is -0.187. The highest BCUT2D eigenvalue weighted by Crippen LogP contribution is 2.29. The largest absolute Gasteiger partial charge is 0.454 e. The zero-order valence-corrected chi connectivity index (χ0v) is 48.1. The topological polar surface area (TPSA) is 226 Å². The fourth-order valence-electron chi connectivity index (χ4n) is 8.91. The van der Waals surface area contributed by atoms with E-state index in [1.807, 2.05) is 27.7 Å². The Morgan fingerprint density at radius 2 is 0.551 bits per heavy atom. The number of rotatable bonds is 42. The summed E-state index contributed by atoms with van der Waals surface area (Å²) in [6.45, 7) is 15.2. The second-order valence-corrected chi connectivity index (χ2v) is 20.0. The molecule has 0 bridgehead atoms. The SMILES string of the molecule is CCCCCCC(OC(=O)CCC)C(=O)c1cccc(C(=O)OOC(=O)c2cccc(C(=O)C(CCCCCC)OC(=O)CCC)c2C(=O)C(CCCCCC)OC(=O)CCC)c1C(=O)C(CCCCCC)OC(=O)CCC. The Balaban J connectivity index is 2.93. The number of unbranched alkanes of at least 4 members (excludes halogenated alkanes) is 12. The molecule has 0 aliphatic carbocycles. The van der Waals surface area contributed by atoms with Crippen LogP contribution in [-0.2, 0) is 47.9 Å². The summed E-state index contributed by atoms with van der Waals surface area (Å²) >= 11 is 0. The molecule has 0 fully saturated rings. The van der Waals surface area contributed by atoms with Crippen molar-refractivity contribution in [3.63, 3.8) is 0 Å². The maximum Gasteiger partial charge on any atom is 0.387 e. The number of hydrogen-bond donors (Lipinski definition) is 0. The molecule has 0 saturated carbocycles. The van der Waals surface area contributed by atoms with Gasteiger partial charge in [-0.25, -0.2) is 19.4 Å². The van der Waals surface area contributed by atoms with Gasteiger partial charge in [-0.2, -0.15) is 0 Å². The van der Waals surface area contributed by atoms with Gasteiger partial charge in [0.1, 0.15) is 0 Å². The Hall–Kier alpha value is -6.06. The van der Waals surface area contributed by atoms with Crippen LogP contribution in [0.15, 0.2) is 36.4 Å². The summed E-state index contributed by atoms with van der Waals surface area (Å²) < 4.78 is 23.0. The van der Waals surface area contributed by atoms with Crippen LogP contribution in [0.25, 0.3) is 0 Å². The van der Waals surface area contributed by atoms with E-state index in [4.69, 9.17) is 28.7 Å². The number of Topliss-reactive ketones (excluding diaryl/α,β-unsaturated/α-hetero) is 4. The minimum Gasteiger partial charge on any atom is -0.454 e. The van der Waals surface area contributed by atoms with Crippen molar-refractivity contribution in [1.82, 2.24) is 0 Å². The number of benzene rings is 2. The van der Waals surface area contributed by atoms with Crippen LogP contribution in [0.3, 0.4) is 0 Å². The fraction of sp³-hybridized carbons (Fsp3) is 0.645. The molecule has 434 valence electrons. The van der Waals surface area contributed by atoms with Gasteiger partial charge in [0.25, 0.3) is 0 Å². The molecule has 0 N–H and O–H groups in total. The molecular weight excluding hydrogens is 1000 g/mol. The van der Waals surface area contributed by atoms with Gasteiger partial charge in [-0.1, -0.05) is 157 Å². The van der Waals surface area contributed by atoms with Crippen LogP contribution in [0.5, 0.6) is 0 Å². The Morgan fingerprint density at radius 1 is 0.308 bits per heavy atom. The highest BCUT2D eigenvalue weighted by molar-refractivity contribution is 6.18. The fourth-order valence-corrected chi connectivity index (χ4v) is 8.91. The van der Waals surface area contributed by atoms with Crippen LogP contribution < -0.4 is 0 Å². The number of carbonyl (C=O) groups is 10. The third-order valence-electron chi connectivity index (χ3n) is 13.1. The number of carbonyl (C=O) groups excluding carboxylic acids is 10. The highest BCUT2D eigenvalue weighted by Gasteiger charge is 2.38. The molecule has 4 unspecified atom stereocenters. The first-order chi connectivity index (χ1) is 37.6. The maximum absolute atomic E-state index is 15.0. The minimum atomic E-state index is -1.46. The van der Waals surface area contributed by atoms with Crippen molar-refractivity contribution >= 4 is 58.9 Å². The van der Waals surface area contributed by atoms with E-state index in [9.17, 15) is 47.9 Å². The molecule has 0 amide bonds. The van der Waals surface area contributed by atoms with Gasteiger partial charge in [-0.05, 0) is 89.2 Å². The van der Waals surface area contributed by atoms with Crippen molar-refractivity contribution in [2.45, 2.75) is 260 Å². The summed E-state index contributed by atoms with van der Waals surface area (Å²) in [4.78, 5) is 151. The lowest BCUT2D eigenvalue weighted by atomic mass is 9.88. The first-order valence-electron chi connectivity index (χ1n) is 29.2. The monoisotopic (exact) mass is 1090 g/mol. The molecule has 0 spiro atoms. The first-order valence-corrected chi connectivity index (χ1v) is 29.2. The van der Waals surface area contributed by atoms with E-state index < -0.39 is 106 Å². The van der Waals surface area contributed by atoms with Crippen molar-refractivity contribution in [2.24, 2.45) is 0 Å². The van der Waals surface area contributed by atoms with Crippen LogP contribution in [-0.4, -0.2) is 83.4 Å². The van der Waals surface area contributed by atoms with E-state index in [1.54, 1.807) is 27.7 Å². The third kappa shape index (κ3) is 23.5. The van der Waals surface area contributed by atoms with Crippen LogP contribution >= 0.6 is 0 Å². The average Bonchev–Trinajstić information content (AvgIpc) is 3.44. The average molecular weight is 1090 g/mol. The summed E-state index contributed by atoms with van der Waals surface area (Å²) in [6.07, 6.45) is 8.03. The zero-order chi connectivity index (χ0) is 57.8. The molecule has 4 atom stereocenters. The second-order valence-electron chi connectivity index (χ2n) is 20.0. The molecule has 16 nitrogen and oxygen atoms in total. The normalized spacial score (nSPS) is 12.6. The van der Waals surface area contributed by atoms with E-state index in [-0.39, 0.29) is 62.5 Å². The maximum atomic E-state index is 15.0. The summed E-state index contributed by atoms with van der Waals surface area (Å²) in [5.41, 5.74) is -2.76. The Bertz CT molecular complexity index is 2090. The van der Waals surface area contributed by atoms with E-state index >= 15 is 0 Å². The number of hydrogen-bond acceptors (Lipinski definition) is 16. The molecule has 16 heteroatoms. The quantitative estimate of drug-likeness (QED) is 0.0150. The minimum absolute atomic E-state index is 0.0148. The van der Waals surface area contributed by atoms with E-state index in [0.29, 0.717) is 64.2 Å². The van der Waals surface area contributed by atoms with Gasteiger partial charge in [-0.3, -0.25) is 38.4 Å². The summed E-state index contributed by atoms with van der Waals surface area (Å²) in [7, 11) is 0. The molecule has 2 rings (SSSR count). The standard InChI is InChI=1S/C62H90O16/c1-9-17-21-25-39-47(73-51(63)31-13-5)57(67)43-35-29-37-45(55(43)59(69)49(41-27-23-19-11-3)75-53(65)33-15-7)61(71)77-78-62(72)46-38-30-36-44(58(68)48(40-26-22-18-10-2)74-52(64)32-14-6)56(46)60(70)50(42-28-24-20-12-4)76-54(66)34-16-8/h29-30,35-38,47-50H,9-28,31-34,39-42H2,1-8H3. The van der Waals surface area contributed by atoms with Gasteiger partial charge >= 0.3 is 35.8 Å². The van der Waals surface area contributed by atoms with Gasteiger partial charge in [0.05, 0.1) is 11.1 Å². The van der Waals surface area contributed by atoms with E-state index in [2.05, 4.69) is 0 Å². The van der Waals surface area contributed by atoms with Gasteiger partial charge < -0.3 is 18.9 Å². The number of ketones is 4. The van der Waals surface area contributed by atoms with Crippen molar-refractivity contribution in [3.8, 4) is 0 Å². The third-order valence-corrected chi connectivity index (χ3v) is 13.1. The molecule has 78 heavy (non-hydrogen) atoms. The first kappa shape index (κ1) is 68.0. The number of esters is 4. The van der Waals surface area contributed by atoms with Crippen LogP contribution in [0.2, 0.25) is 0 Å². The van der Waals surface area contributed by atoms with E-state index in [1.165, 1.54) is 36.4 Å². The van der Waals surface area contributed by atoms with Crippen molar-refractivity contribution in [3.05, 3.63) is 69.8 Å². The predicted molar refractivity (Wildman–Crippen MR) is 295 cm³/mol. The lowest BCUT2D eigenvalue weighted by Gasteiger charge is -2.22. The molecule has 2 aromatic carbocycles. The molecule has 0 heterocycles. The second kappa shape index (κ2) is 39.3. The molecule has 0 aliphatic heterocycles. The molecule has 0 aromatic heterocycles. The highest BCUT2D eigenvalue weighted by atomic mass is 17.2. The molecule has 0 saturated heterocycles. The molecular formula is C62H90O16. The van der Waals surface area contributed by atoms with Crippen LogP contribution in [0.4, 0.5) is 0 Å². The van der Waals surface area contributed by atoms with Crippen molar-refractivity contribution in [1.29, 1.82) is 0 Å². The summed E-state index contributed by atoms with van der Waals surface area (Å²) in [6, 6.07) is 7.56. The summed E-state index contributed by atoms with van der Waals surface area (Å²) in [5.74, 6) is -8.87. The number of ether oxygens (including phenoxy) is 4. The van der Waals surface area contributed by atoms with Crippen molar-refractivity contribution in [2.75, 3.05) is 0 Å². The van der Waals surface area contributed by atoms with Gasteiger partial charge in [-0.15, -0.1) is 0 Å². The molecule has 2 aromatic rings. The molecule has 0 aliphatic rings. The van der Waals surface area contributed by atoms with Crippen LogP contribution in [0.1, 0.15) is 297 Å². The smallest absolute Gasteiger partial charge is 0.387 e.